The van der Waals surface area contributed by atoms with Crippen molar-refractivity contribution in [1.82, 2.24) is 19.9 Å². The van der Waals surface area contributed by atoms with Gasteiger partial charge in [-0.3, -0.25) is 14.8 Å². The minimum atomic E-state index is -0.276. The quantitative estimate of drug-likeness (QED) is 0.286. The van der Waals surface area contributed by atoms with Crippen LogP contribution in [0.1, 0.15) is 40.3 Å². The number of hydrogen-bond donors (Lipinski definition) is 2. The van der Waals surface area contributed by atoms with E-state index in [4.69, 9.17) is 21.7 Å². The number of carbonyl (C=O) groups is 1. The highest BCUT2D eigenvalue weighted by molar-refractivity contribution is 7.80. The van der Waals surface area contributed by atoms with Crippen molar-refractivity contribution < 1.29 is 14.3 Å². The van der Waals surface area contributed by atoms with Gasteiger partial charge >= 0.3 is 0 Å². The molecule has 2 N–H and O–H groups in total. The summed E-state index contributed by atoms with van der Waals surface area (Å²) in [6.45, 7) is 4.90. The number of nitrogens with zero attached hydrogens (tertiary/aromatic N) is 4. The fraction of sp³-hybridized carbons (Fsp3) is 0.267. The Morgan fingerprint density at radius 1 is 1.10 bits per heavy atom. The van der Waals surface area contributed by atoms with Crippen molar-refractivity contribution >= 4 is 34.6 Å². The van der Waals surface area contributed by atoms with E-state index in [2.05, 4.69) is 56.0 Å². The number of carbonyl (C=O) groups excluding carboxylic acids is 1. The van der Waals surface area contributed by atoms with Crippen molar-refractivity contribution in [3.63, 3.8) is 0 Å². The van der Waals surface area contributed by atoms with Gasteiger partial charge in [-0.05, 0) is 79.7 Å². The predicted octanol–water partition coefficient (Wildman–Crippen LogP) is 4.71. The van der Waals surface area contributed by atoms with E-state index in [9.17, 15) is 4.79 Å². The predicted molar refractivity (Wildman–Crippen MR) is 159 cm³/mol. The van der Waals surface area contributed by atoms with Crippen molar-refractivity contribution in [2.24, 2.45) is 0 Å². The molecule has 9 nitrogen and oxygen atoms in total. The number of rotatable bonds is 9. The van der Waals surface area contributed by atoms with Crippen LogP contribution in [-0.2, 0) is 16.1 Å². The van der Waals surface area contributed by atoms with Gasteiger partial charge in [0.05, 0.1) is 30.6 Å². The SMILES string of the molecule is COCC(=O)Nc1cc(N2C(=S)N[C@H](c3ccccn3)[C@H]2c2cc(C)n(Cc3cccnc3)c2C)ccc1OC. The molecule has 0 spiro atoms. The van der Waals surface area contributed by atoms with Crippen LogP contribution >= 0.6 is 12.2 Å². The zero-order valence-electron chi connectivity index (χ0n) is 22.9. The molecule has 5 rings (SSSR count). The molecule has 1 amide bonds. The number of anilines is 2. The molecule has 3 aromatic heterocycles. The van der Waals surface area contributed by atoms with Crippen molar-refractivity contribution in [2.75, 3.05) is 31.0 Å². The van der Waals surface area contributed by atoms with Crippen LogP contribution in [0.3, 0.4) is 0 Å². The summed E-state index contributed by atoms with van der Waals surface area (Å²) in [6, 6.07) is 17.4. The molecule has 1 aliphatic heterocycles. The van der Waals surface area contributed by atoms with Gasteiger partial charge in [0.25, 0.3) is 0 Å². The molecule has 1 fully saturated rings. The lowest BCUT2D eigenvalue weighted by atomic mass is 9.96. The van der Waals surface area contributed by atoms with E-state index in [1.165, 1.54) is 7.11 Å². The molecule has 0 aliphatic carbocycles. The normalized spacial score (nSPS) is 16.6. The standard InChI is InChI=1S/C30H32N6O3S/c1-19-14-23(20(2)35(19)17-21-8-7-12-31-16-21)29-28(24-9-5-6-13-32-24)34-30(40)36(29)22-10-11-26(39-4)25(15-22)33-27(37)18-38-3/h5-16,28-29H,17-18H2,1-4H3,(H,33,37)(H,34,40)/t28-,29-/m1/s1. The fourth-order valence-corrected chi connectivity index (χ4v) is 5.60. The van der Waals surface area contributed by atoms with Crippen molar-refractivity contribution in [1.29, 1.82) is 0 Å². The number of ether oxygens (including phenoxy) is 2. The van der Waals surface area contributed by atoms with E-state index in [1.54, 1.807) is 19.5 Å². The molecule has 1 aliphatic rings. The van der Waals surface area contributed by atoms with Gasteiger partial charge in [0, 0.05) is 49.3 Å². The van der Waals surface area contributed by atoms with Gasteiger partial charge in [0.1, 0.15) is 12.4 Å². The summed E-state index contributed by atoms with van der Waals surface area (Å²) >= 11 is 5.93. The lowest BCUT2D eigenvalue weighted by molar-refractivity contribution is -0.119. The maximum atomic E-state index is 12.4. The van der Waals surface area contributed by atoms with Crippen LogP contribution < -0.4 is 20.3 Å². The summed E-state index contributed by atoms with van der Waals surface area (Å²) in [5, 5.41) is 6.97. The lowest BCUT2D eigenvalue weighted by Crippen LogP contribution is -2.29. The average Bonchev–Trinajstić information content (AvgIpc) is 3.45. The van der Waals surface area contributed by atoms with E-state index < -0.39 is 0 Å². The molecule has 206 valence electrons. The number of aromatic nitrogens is 3. The first-order chi connectivity index (χ1) is 19.4. The van der Waals surface area contributed by atoms with Crippen LogP contribution in [0, 0.1) is 13.8 Å². The Kier molecular flexibility index (Phi) is 8.09. The van der Waals surface area contributed by atoms with Crippen LogP contribution in [0.4, 0.5) is 11.4 Å². The summed E-state index contributed by atoms with van der Waals surface area (Å²) < 4.78 is 12.8. The third-order valence-electron chi connectivity index (χ3n) is 7.10. The van der Waals surface area contributed by atoms with Crippen LogP contribution in [0.15, 0.2) is 73.2 Å². The number of hydrogen-bond acceptors (Lipinski definition) is 6. The Balaban J connectivity index is 1.60. The van der Waals surface area contributed by atoms with Gasteiger partial charge in [-0.25, -0.2) is 0 Å². The Morgan fingerprint density at radius 3 is 2.65 bits per heavy atom. The van der Waals surface area contributed by atoms with Crippen molar-refractivity contribution in [3.05, 3.63) is 101 Å². The Bertz CT molecular complexity index is 1510. The maximum Gasteiger partial charge on any atom is 0.250 e. The van der Waals surface area contributed by atoms with E-state index in [0.29, 0.717) is 23.1 Å². The molecule has 1 aromatic carbocycles. The number of thiocarbonyl (C=S) groups is 1. The zero-order chi connectivity index (χ0) is 28.2. The Hall–Kier alpha value is -4.28. The Labute approximate surface area is 239 Å². The summed E-state index contributed by atoms with van der Waals surface area (Å²) in [6.07, 6.45) is 5.47. The summed E-state index contributed by atoms with van der Waals surface area (Å²) in [7, 11) is 3.05. The van der Waals surface area contributed by atoms with Gasteiger partial charge in [-0.2, -0.15) is 0 Å². The zero-order valence-corrected chi connectivity index (χ0v) is 23.7. The third-order valence-corrected chi connectivity index (χ3v) is 7.42. The average molecular weight is 557 g/mol. The van der Waals surface area contributed by atoms with Gasteiger partial charge in [-0.1, -0.05) is 12.1 Å². The highest BCUT2D eigenvalue weighted by atomic mass is 32.1. The third kappa shape index (κ3) is 5.41. The second-order valence-electron chi connectivity index (χ2n) is 9.64. The van der Waals surface area contributed by atoms with Crippen molar-refractivity contribution in [2.45, 2.75) is 32.5 Å². The molecule has 1 saturated heterocycles. The van der Waals surface area contributed by atoms with Crippen LogP contribution in [0.25, 0.3) is 0 Å². The number of methoxy groups -OCH3 is 2. The highest BCUT2D eigenvalue weighted by Crippen LogP contribution is 2.44. The van der Waals surface area contributed by atoms with Gasteiger partial charge in [-0.15, -0.1) is 0 Å². The molecule has 2 atom stereocenters. The molecule has 0 radical (unpaired) electrons. The largest absolute Gasteiger partial charge is 0.495 e. The minimum Gasteiger partial charge on any atom is -0.495 e. The minimum absolute atomic E-state index is 0.0651. The van der Waals surface area contributed by atoms with Crippen molar-refractivity contribution in [3.8, 4) is 5.75 Å². The second kappa shape index (κ2) is 11.8. The first kappa shape index (κ1) is 27.3. The molecular formula is C30H32N6O3S. The van der Waals surface area contributed by atoms with E-state index in [0.717, 1.165) is 33.9 Å². The highest BCUT2D eigenvalue weighted by Gasteiger charge is 2.42. The van der Waals surface area contributed by atoms with Gasteiger partial charge in [0.2, 0.25) is 5.91 Å². The van der Waals surface area contributed by atoms with Crippen LogP contribution in [0.5, 0.6) is 5.75 Å². The summed E-state index contributed by atoms with van der Waals surface area (Å²) in [4.78, 5) is 23.4. The van der Waals surface area contributed by atoms with Gasteiger partial charge < -0.3 is 29.6 Å². The molecule has 0 bridgehead atoms. The second-order valence-corrected chi connectivity index (χ2v) is 10.0. The monoisotopic (exact) mass is 556 g/mol. The maximum absolute atomic E-state index is 12.4. The fourth-order valence-electron chi connectivity index (χ4n) is 5.25. The van der Waals surface area contributed by atoms with Gasteiger partial charge in [0.15, 0.2) is 5.11 Å². The summed E-state index contributed by atoms with van der Waals surface area (Å²) in [5.74, 6) is 0.265. The molecule has 4 heterocycles. The van der Waals surface area contributed by atoms with E-state index >= 15 is 0 Å². The molecular weight excluding hydrogens is 524 g/mol. The van der Waals surface area contributed by atoms with Crippen LogP contribution in [0.2, 0.25) is 0 Å². The number of benzene rings is 1. The molecule has 40 heavy (non-hydrogen) atoms. The summed E-state index contributed by atoms with van der Waals surface area (Å²) in [5.41, 5.74) is 6.75. The lowest BCUT2D eigenvalue weighted by Gasteiger charge is -2.29. The molecule has 10 heteroatoms. The van der Waals surface area contributed by atoms with E-state index in [-0.39, 0.29) is 24.6 Å². The van der Waals surface area contributed by atoms with Crippen LogP contribution in [-0.4, -0.2) is 46.4 Å². The molecule has 0 unspecified atom stereocenters. The molecule has 0 saturated carbocycles. The number of aryl methyl sites for hydroxylation is 1. The number of nitrogens with one attached hydrogen (secondary N) is 2. The molecule has 4 aromatic rings. The van der Waals surface area contributed by atoms with E-state index in [1.807, 2.05) is 48.7 Å². The Morgan fingerprint density at radius 2 is 1.95 bits per heavy atom. The first-order valence-corrected chi connectivity index (χ1v) is 13.3. The topological polar surface area (TPSA) is 93.5 Å². The number of pyridine rings is 2. The number of amides is 1. The smallest absolute Gasteiger partial charge is 0.250 e. The first-order valence-electron chi connectivity index (χ1n) is 12.9.